The number of hydrogen-bond donors (Lipinski definition) is 1. The second kappa shape index (κ2) is 7.52. The fourth-order valence-electron chi connectivity index (χ4n) is 2.62. The monoisotopic (exact) mass is 393 g/mol. The van der Waals surface area contributed by atoms with Crippen LogP contribution in [0.2, 0.25) is 0 Å². The van der Waals surface area contributed by atoms with Gasteiger partial charge in [-0.2, -0.15) is 4.98 Å². The third kappa shape index (κ3) is 3.97. The number of aromatic nitrogens is 3. The Balaban J connectivity index is 1.86. The van der Waals surface area contributed by atoms with Gasteiger partial charge in [0.1, 0.15) is 18.2 Å². The van der Waals surface area contributed by atoms with E-state index in [0.29, 0.717) is 5.82 Å². The first-order valence-electron chi connectivity index (χ1n) is 7.68. The van der Waals surface area contributed by atoms with Crippen LogP contribution in [0.3, 0.4) is 0 Å². The summed E-state index contributed by atoms with van der Waals surface area (Å²) in [5.74, 6) is 0.515. The summed E-state index contributed by atoms with van der Waals surface area (Å²) in [6.07, 6.45) is 7.89. The largest absolute Gasteiger partial charge is 0.469 e. The molecule has 8 nitrogen and oxygen atoms in total. The molecule has 0 unspecified atom stereocenters. The van der Waals surface area contributed by atoms with E-state index in [4.69, 9.17) is 4.74 Å². The normalized spacial score (nSPS) is 15.0. The fourth-order valence-corrected chi connectivity index (χ4v) is 2.85. The first kappa shape index (κ1) is 16.6. The highest BCUT2D eigenvalue weighted by Gasteiger charge is 2.27. The number of pyridine rings is 1. The van der Waals surface area contributed by atoms with E-state index in [0.717, 1.165) is 30.2 Å². The Labute approximate surface area is 147 Å². The van der Waals surface area contributed by atoms with Crippen LogP contribution < -0.4 is 10.1 Å². The van der Waals surface area contributed by atoms with Crippen LogP contribution in [0.5, 0.6) is 5.88 Å². The first-order valence-corrected chi connectivity index (χ1v) is 8.47. The summed E-state index contributed by atoms with van der Waals surface area (Å²) in [6.45, 7) is 0. The smallest absolute Gasteiger partial charge is 0.373 e. The summed E-state index contributed by atoms with van der Waals surface area (Å²) in [5, 5.41) is 14.4. The van der Waals surface area contributed by atoms with Crippen molar-refractivity contribution in [1.82, 2.24) is 15.0 Å². The number of rotatable bonds is 5. The molecule has 126 valence electrons. The van der Waals surface area contributed by atoms with Crippen molar-refractivity contribution in [1.29, 1.82) is 0 Å². The topological polar surface area (TPSA) is 103 Å². The van der Waals surface area contributed by atoms with E-state index in [9.17, 15) is 10.1 Å². The van der Waals surface area contributed by atoms with Gasteiger partial charge in [-0.3, -0.25) is 10.1 Å². The minimum atomic E-state index is -0.528. The standard InChI is InChI=1S/C15H16BrN5O3/c16-10-6-7-12(17-8-10)20-14-13(21(22)23)15(19-9-18-14)24-11-4-2-1-3-5-11/h6-9,11H,1-5H2,(H,17,18,19,20). The van der Waals surface area contributed by atoms with Crippen molar-refractivity contribution in [3.8, 4) is 5.88 Å². The highest BCUT2D eigenvalue weighted by Crippen LogP contribution is 2.34. The number of hydrogen-bond acceptors (Lipinski definition) is 7. The van der Waals surface area contributed by atoms with Gasteiger partial charge in [-0.05, 0) is 53.7 Å². The van der Waals surface area contributed by atoms with Gasteiger partial charge in [-0.25, -0.2) is 9.97 Å². The van der Waals surface area contributed by atoms with Crippen LogP contribution in [0.1, 0.15) is 32.1 Å². The van der Waals surface area contributed by atoms with Crippen LogP contribution in [-0.2, 0) is 0 Å². The molecular formula is C15H16BrN5O3. The zero-order valence-electron chi connectivity index (χ0n) is 12.8. The first-order chi connectivity index (χ1) is 11.6. The lowest BCUT2D eigenvalue weighted by Gasteiger charge is -2.22. The SMILES string of the molecule is O=[N+]([O-])c1c(Nc2ccc(Br)cn2)ncnc1OC1CCCCC1. The molecule has 0 bridgehead atoms. The second-order valence-corrected chi connectivity index (χ2v) is 6.41. The molecule has 1 saturated carbocycles. The predicted octanol–water partition coefficient (Wildman–Crippen LogP) is 4.00. The van der Waals surface area contributed by atoms with E-state index in [1.807, 2.05) is 0 Å². The molecule has 2 aromatic rings. The van der Waals surface area contributed by atoms with Gasteiger partial charge < -0.3 is 10.1 Å². The van der Waals surface area contributed by atoms with Crippen LogP contribution in [0.25, 0.3) is 0 Å². The van der Waals surface area contributed by atoms with Crippen molar-refractivity contribution >= 4 is 33.3 Å². The number of anilines is 2. The van der Waals surface area contributed by atoms with Gasteiger partial charge in [0.15, 0.2) is 0 Å². The summed E-state index contributed by atoms with van der Waals surface area (Å²) >= 11 is 3.29. The van der Waals surface area contributed by atoms with E-state index >= 15 is 0 Å². The molecule has 1 aliphatic rings. The Bertz CT molecular complexity index is 720. The molecule has 0 aromatic carbocycles. The number of halogens is 1. The third-order valence-electron chi connectivity index (χ3n) is 3.78. The van der Waals surface area contributed by atoms with Gasteiger partial charge >= 0.3 is 5.69 Å². The molecule has 3 rings (SSSR count). The number of nitrogens with one attached hydrogen (secondary N) is 1. The van der Waals surface area contributed by atoms with Crippen LogP contribution in [-0.4, -0.2) is 26.0 Å². The second-order valence-electron chi connectivity index (χ2n) is 5.50. The van der Waals surface area contributed by atoms with Crippen molar-refractivity contribution in [3.63, 3.8) is 0 Å². The van der Waals surface area contributed by atoms with Crippen molar-refractivity contribution < 1.29 is 9.66 Å². The third-order valence-corrected chi connectivity index (χ3v) is 4.24. The Morgan fingerprint density at radius 3 is 2.67 bits per heavy atom. The molecule has 0 saturated heterocycles. The Morgan fingerprint density at radius 2 is 2.00 bits per heavy atom. The fraction of sp³-hybridized carbons (Fsp3) is 0.400. The minimum Gasteiger partial charge on any atom is -0.469 e. The Morgan fingerprint density at radius 1 is 1.21 bits per heavy atom. The van der Waals surface area contributed by atoms with E-state index in [1.165, 1.54) is 12.7 Å². The van der Waals surface area contributed by atoms with Crippen LogP contribution in [0.4, 0.5) is 17.3 Å². The lowest BCUT2D eigenvalue weighted by Crippen LogP contribution is -2.21. The maximum absolute atomic E-state index is 11.5. The Kier molecular flexibility index (Phi) is 5.19. The molecule has 24 heavy (non-hydrogen) atoms. The summed E-state index contributed by atoms with van der Waals surface area (Å²) in [6, 6.07) is 3.47. The van der Waals surface area contributed by atoms with Gasteiger partial charge in [-0.1, -0.05) is 6.42 Å². The highest BCUT2D eigenvalue weighted by molar-refractivity contribution is 9.10. The lowest BCUT2D eigenvalue weighted by molar-refractivity contribution is -0.385. The molecule has 2 heterocycles. The maximum Gasteiger partial charge on any atom is 0.373 e. The molecule has 0 spiro atoms. The highest BCUT2D eigenvalue weighted by atomic mass is 79.9. The molecule has 0 radical (unpaired) electrons. The van der Waals surface area contributed by atoms with Gasteiger partial charge in [0.05, 0.1) is 4.92 Å². The lowest BCUT2D eigenvalue weighted by atomic mass is 9.98. The van der Waals surface area contributed by atoms with Crippen LogP contribution in [0, 0.1) is 10.1 Å². The van der Waals surface area contributed by atoms with Crippen molar-refractivity contribution in [2.45, 2.75) is 38.2 Å². The van der Waals surface area contributed by atoms with Crippen molar-refractivity contribution in [2.24, 2.45) is 0 Å². The zero-order valence-corrected chi connectivity index (χ0v) is 14.4. The number of nitrogens with zero attached hydrogens (tertiary/aromatic N) is 4. The average Bonchev–Trinajstić information content (AvgIpc) is 2.58. The van der Waals surface area contributed by atoms with E-state index < -0.39 is 4.92 Å². The van der Waals surface area contributed by atoms with Gasteiger partial charge in [0, 0.05) is 10.7 Å². The molecule has 0 aliphatic heterocycles. The van der Waals surface area contributed by atoms with E-state index in [-0.39, 0.29) is 23.5 Å². The quantitative estimate of drug-likeness (QED) is 0.604. The van der Waals surface area contributed by atoms with Crippen LogP contribution >= 0.6 is 15.9 Å². The molecule has 9 heteroatoms. The molecule has 1 fully saturated rings. The van der Waals surface area contributed by atoms with Gasteiger partial charge in [0.2, 0.25) is 5.82 Å². The molecule has 1 N–H and O–H groups in total. The molecule has 1 aliphatic carbocycles. The summed E-state index contributed by atoms with van der Waals surface area (Å²) in [7, 11) is 0. The number of nitro groups is 1. The van der Waals surface area contributed by atoms with Crippen molar-refractivity contribution in [3.05, 3.63) is 39.2 Å². The summed E-state index contributed by atoms with van der Waals surface area (Å²) in [4.78, 5) is 23.1. The number of ether oxygens (including phenoxy) is 1. The summed E-state index contributed by atoms with van der Waals surface area (Å²) in [5.41, 5.74) is -0.271. The molecule has 0 amide bonds. The van der Waals surface area contributed by atoms with Crippen molar-refractivity contribution in [2.75, 3.05) is 5.32 Å². The molecule has 0 atom stereocenters. The average molecular weight is 394 g/mol. The summed E-state index contributed by atoms with van der Waals surface area (Å²) < 4.78 is 6.60. The van der Waals surface area contributed by atoms with E-state index in [1.54, 1.807) is 18.3 Å². The predicted molar refractivity (Wildman–Crippen MR) is 91.4 cm³/mol. The Hall–Kier alpha value is -2.29. The molecular weight excluding hydrogens is 378 g/mol. The van der Waals surface area contributed by atoms with Crippen LogP contribution in [0.15, 0.2) is 29.1 Å². The zero-order chi connectivity index (χ0) is 16.9. The van der Waals surface area contributed by atoms with Gasteiger partial charge in [0.25, 0.3) is 5.88 Å². The maximum atomic E-state index is 11.5. The molecule has 2 aromatic heterocycles. The van der Waals surface area contributed by atoms with Gasteiger partial charge in [-0.15, -0.1) is 0 Å². The minimum absolute atomic E-state index is 0.00140. The van der Waals surface area contributed by atoms with E-state index in [2.05, 4.69) is 36.2 Å².